The summed E-state index contributed by atoms with van der Waals surface area (Å²) in [5, 5.41) is 8.57. The molecule has 0 fully saturated rings. The molecule has 0 N–H and O–H groups in total. The van der Waals surface area contributed by atoms with Crippen LogP contribution in [0.25, 0.3) is 0 Å². The Balaban J connectivity index is 2.07. The molecule has 0 amide bonds. The molecule has 1 aliphatic rings. The molecule has 0 atom stereocenters. The maximum atomic E-state index is 11.6. The molecule has 1 aromatic rings. The van der Waals surface area contributed by atoms with Gasteiger partial charge in [0, 0.05) is 19.3 Å². The molecular weight excluding hydrogens is 222 g/mol. The first-order chi connectivity index (χ1) is 8.81. The molecule has 0 bridgehead atoms. The summed E-state index contributed by atoms with van der Waals surface area (Å²) in [5.74, 6) is 0.293. The zero-order valence-electron chi connectivity index (χ0n) is 10.5. The van der Waals surface area contributed by atoms with Gasteiger partial charge < -0.3 is 0 Å². The molecule has 0 unspecified atom stereocenters. The van der Waals surface area contributed by atoms with Crippen LogP contribution in [0.3, 0.4) is 0 Å². The van der Waals surface area contributed by atoms with Crippen molar-refractivity contribution in [3.63, 3.8) is 0 Å². The van der Waals surface area contributed by atoms with Crippen LogP contribution in [0.4, 0.5) is 0 Å². The number of hydrogen-bond acceptors (Lipinski definition) is 2. The quantitative estimate of drug-likeness (QED) is 0.739. The molecule has 0 radical (unpaired) electrons. The summed E-state index contributed by atoms with van der Waals surface area (Å²) in [4.78, 5) is 11.6. The van der Waals surface area contributed by atoms with E-state index in [4.69, 9.17) is 5.26 Å². The highest BCUT2D eigenvalue weighted by Gasteiger charge is 2.16. The fraction of sp³-hybridized carbons (Fsp3) is 0.375. The molecule has 18 heavy (non-hydrogen) atoms. The SMILES string of the molecule is N#CCCCc1ccccc1CC1=CCCC1=O. The van der Waals surface area contributed by atoms with Crippen molar-refractivity contribution in [3.05, 3.63) is 47.0 Å². The van der Waals surface area contributed by atoms with Gasteiger partial charge in [0.05, 0.1) is 6.07 Å². The molecule has 0 spiro atoms. The Morgan fingerprint density at radius 2 is 2.00 bits per heavy atom. The van der Waals surface area contributed by atoms with Crippen molar-refractivity contribution in [3.8, 4) is 6.07 Å². The zero-order chi connectivity index (χ0) is 12.8. The number of allylic oxidation sites excluding steroid dienone is 2. The van der Waals surface area contributed by atoms with Gasteiger partial charge >= 0.3 is 0 Å². The van der Waals surface area contributed by atoms with Crippen LogP contribution in [0.2, 0.25) is 0 Å². The van der Waals surface area contributed by atoms with E-state index in [-0.39, 0.29) is 0 Å². The topological polar surface area (TPSA) is 40.9 Å². The Labute approximate surface area is 108 Å². The fourth-order valence-corrected chi connectivity index (χ4v) is 2.36. The van der Waals surface area contributed by atoms with E-state index < -0.39 is 0 Å². The van der Waals surface area contributed by atoms with Crippen LogP contribution < -0.4 is 0 Å². The van der Waals surface area contributed by atoms with Crippen molar-refractivity contribution in [2.24, 2.45) is 0 Å². The van der Waals surface area contributed by atoms with E-state index >= 15 is 0 Å². The minimum atomic E-state index is 0.293. The number of benzene rings is 1. The van der Waals surface area contributed by atoms with Crippen LogP contribution in [-0.2, 0) is 17.6 Å². The highest BCUT2D eigenvalue weighted by Crippen LogP contribution is 2.21. The second-order valence-corrected chi connectivity index (χ2v) is 4.65. The number of nitriles is 1. The minimum absolute atomic E-state index is 0.293. The molecule has 2 nitrogen and oxygen atoms in total. The highest BCUT2D eigenvalue weighted by molar-refractivity contribution is 5.97. The lowest BCUT2D eigenvalue weighted by Crippen LogP contribution is -2.02. The summed E-state index contributed by atoms with van der Waals surface area (Å²) in [7, 11) is 0. The summed E-state index contributed by atoms with van der Waals surface area (Å²) >= 11 is 0. The first kappa shape index (κ1) is 12.6. The van der Waals surface area contributed by atoms with E-state index in [1.807, 2.05) is 12.1 Å². The summed E-state index contributed by atoms with van der Waals surface area (Å²) in [5.41, 5.74) is 3.47. The van der Waals surface area contributed by atoms with Crippen LogP contribution in [0.5, 0.6) is 0 Å². The Hall–Kier alpha value is -1.88. The van der Waals surface area contributed by atoms with Crippen LogP contribution in [0, 0.1) is 11.3 Å². The second kappa shape index (κ2) is 6.16. The van der Waals surface area contributed by atoms with Crippen LogP contribution in [-0.4, -0.2) is 5.78 Å². The number of carbonyl (C=O) groups excluding carboxylic acids is 1. The molecule has 1 aromatic carbocycles. The number of rotatable bonds is 5. The first-order valence-corrected chi connectivity index (χ1v) is 6.47. The average molecular weight is 239 g/mol. The molecular formula is C16H17NO. The van der Waals surface area contributed by atoms with Crippen molar-refractivity contribution < 1.29 is 4.79 Å². The summed E-state index contributed by atoms with van der Waals surface area (Å²) in [6.45, 7) is 0. The predicted molar refractivity (Wildman–Crippen MR) is 71.0 cm³/mol. The number of carbonyl (C=O) groups is 1. The first-order valence-electron chi connectivity index (χ1n) is 6.47. The van der Waals surface area contributed by atoms with E-state index in [0.717, 1.165) is 31.3 Å². The van der Waals surface area contributed by atoms with Crippen molar-refractivity contribution in [1.82, 2.24) is 0 Å². The average Bonchev–Trinajstić information content (AvgIpc) is 2.78. The lowest BCUT2D eigenvalue weighted by atomic mass is 9.96. The Morgan fingerprint density at radius 1 is 1.22 bits per heavy atom. The van der Waals surface area contributed by atoms with Crippen molar-refractivity contribution >= 4 is 5.78 Å². The Morgan fingerprint density at radius 3 is 2.67 bits per heavy atom. The zero-order valence-corrected chi connectivity index (χ0v) is 10.5. The van der Waals surface area contributed by atoms with E-state index in [2.05, 4.69) is 24.3 Å². The summed E-state index contributed by atoms with van der Waals surface area (Å²) in [6.07, 6.45) is 6.79. The fourth-order valence-electron chi connectivity index (χ4n) is 2.36. The second-order valence-electron chi connectivity index (χ2n) is 4.65. The molecule has 2 rings (SSSR count). The number of ketones is 1. The molecule has 0 saturated carbocycles. The third-order valence-electron chi connectivity index (χ3n) is 3.35. The summed E-state index contributed by atoms with van der Waals surface area (Å²) < 4.78 is 0. The van der Waals surface area contributed by atoms with E-state index in [1.54, 1.807) is 0 Å². The van der Waals surface area contributed by atoms with Gasteiger partial charge in [-0.25, -0.2) is 0 Å². The van der Waals surface area contributed by atoms with Gasteiger partial charge in [0.1, 0.15) is 0 Å². The Bertz CT molecular complexity index is 508. The molecule has 0 saturated heterocycles. The molecule has 1 aliphatic carbocycles. The number of nitrogens with zero attached hydrogens (tertiary/aromatic N) is 1. The maximum absolute atomic E-state index is 11.6. The van der Waals surface area contributed by atoms with Crippen LogP contribution in [0.15, 0.2) is 35.9 Å². The van der Waals surface area contributed by atoms with Gasteiger partial charge in [-0.15, -0.1) is 0 Å². The molecule has 0 aromatic heterocycles. The van der Waals surface area contributed by atoms with Gasteiger partial charge in [0.15, 0.2) is 5.78 Å². The Kier molecular flexibility index (Phi) is 4.30. The van der Waals surface area contributed by atoms with Crippen molar-refractivity contribution in [2.75, 3.05) is 0 Å². The van der Waals surface area contributed by atoms with Crippen molar-refractivity contribution in [1.29, 1.82) is 5.26 Å². The molecule has 0 aliphatic heterocycles. The summed E-state index contributed by atoms with van der Waals surface area (Å²) in [6, 6.07) is 10.4. The lowest BCUT2D eigenvalue weighted by molar-refractivity contribution is -0.115. The monoisotopic (exact) mass is 239 g/mol. The lowest BCUT2D eigenvalue weighted by Gasteiger charge is -2.09. The van der Waals surface area contributed by atoms with Crippen molar-refractivity contribution in [2.45, 2.75) is 38.5 Å². The number of hydrogen-bond donors (Lipinski definition) is 0. The predicted octanol–water partition coefficient (Wildman–Crippen LogP) is 3.36. The van der Waals surface area contributed by atoms with Gasteiger partial charge in [-0.05, 0) is 36.0 Å². The van der Waals surface area contributed by atoms with E-state index in [0.29, 0.717) is 18.6 Å². The maximum Gasteiger partial charge on any atom is 0.159 e. The van der Waals surface area contributed by atoms with Gasteiger partial charge in [-0.2, -0.15) is 5.26 Å². The molecule has 92 valence electrons. The normalized spacial score (nSPS) is 14.4. The number of aryl methyl sites for hydroxylation is 1. The van der Waals surface area contributed by atoms with Gasteiger partial charge in [-0.1, -0.05) is 30.3 Å². The highest BCUT2D eigenvalue weighted by atomic mass is 16.1. The van der Waals surface area contributed by atoms with Gasteiger partial charge in [0.2, 0.25) is 0 Å². The smallest absolute Gasteiger partial charge is 0.159 e. The van der Waals surface area contributed by atoms with E-state index in [9.17, 15) is 4.79 Å². The van der Waals surface area contributed by atoms with Gasteiger partial charge in [-0.3, -0.25) is 4.79 Å². The van der Waals surface area contributed by atoms with E-state index in [1.165, 1.54) is 11.1 Å². The van der Waals surface area contributed by atoms with Crippen LogP contribution >= 0.6 is 0 Å². The number of unbranched alkanes of at least 4 members (excludes halogenated alkanes) is 1. The number of Topliss-reactive ketones (excluding diaryl/α,β-unsaturated/α-hetero) is 1. The standard InChI is InChI=1S/C16H17NO/c17-11-4-3-7-13-6-1-2-8-14(13)12-15-9-5-10-16(15)18/h1-2,6,8-9H,3-5,7,10,12H2. The molecule has 0 heterocycles. The minimum Gasteiger partial charge on any atom is -0.295 e. The van der Waals surface area contributed by atoms with Gasteiger partial charge in [0.25, 0.3) is 0 Å². The molecule has 2 heteroatoms. The van der Waals surface area contributed by atoms with Crippen LogP contribution in [0.1, 0.15) is 36.8 Å². The third-order valence-corrected chi connectivity index (χ3v) is 3.35. The largest absolute Gasteiger partial charge is 0.295 e. The third kappa shape index (κ3) is 3.07.